The Bertz CT molecular complexity index is 1350. The van der Waals surface area contributed by atoms with E-state index >= 15 is 0 Å². The fourth-order valence-corrected chi connectivity index (χ4v) is 4.58. The molecule has 0 bridgehead atoms. The maximum absolute atomic E-state index is 12.6. The third-order valence-corrected chi connectivity index (χ3v) is 6.27. The summed E-state index contributed by atoms with van der Waals surface area (Å²) < 4.78 is 5.84. The first kappa shape index (κ1) is 20.8. The lowest BCUT2D eigenvalue weighted by Gasteiger charge is -2.19. The number of nitrogens with one attached hydrogen (secondary N) is 1. The molecule has 0 spiro atoms. The average Bonchev–Trinajstić information content (AvgIpc) is 3.40. The second-order valence-electron chi connectivity index (χ2n) is 7.00. The van der Waals surface area contributed by atoms with Crippen molar-refractivity contribution in [3.8, 4) is 11.3 Å². The monoisotopic (exact) mass is 480 g/mol. The number of furan rings is 1. The van der Waals surface area contributed by atoms with Crippen LogP contribution in [0.15, 0.2) is 80.7 Å². The minimum atomic E-state index is -0.511. The molecule has 0 atom stereocenters. The van der Waals surface area contributed by atoms with Gasteiger partial charge in [0, 0.05) is 17.0 Å². The SMILES string of the molecule is N=C1C(=Cc2ccc(-c3cc(Cl)ccc3Cl)o2)C(=O)N=C2SC(Cc3ccccc3)=NN12. The van der Waals surface area contributed by atoms with Gasteiger partial charge in [0.05, 0.1) is 10.6 Å². The molecule has 3 aromatic rings. The van der Waals surface area contributed by atoms with Gasteiger partial charge in [0.25, 0.3) is 5.91 Å². The molecule has 1 amide bonds. The Kier molecular flexibility index (Phi) is 5.46. The third kappa shape index (κ3) is 4.02. The van der Waals surface area contributed by atoms with Crippen molar-refractivity contribution < 1.29 is 9.21 Å². The van der Waals surface area contributed by atoms with Crippen LogP contribution in [-0.2, 0) is 11.2 Å². The minimum Gasteiger partial charge on any atom is -0.457 e. The van der Waals surface area contributed by atoms with Gasteiger partial charge in [0.1, 0.15) is 16.6 Å². The van der Waals surface area contributed by atoms with Gasteiger partial charge in [-0.3, -0.25) is 10.2 Å². The molecule has 158 valence electrons. The molecule has 1 N–H and O–H groups in total. The normalized spacial score (nSPS) is 16.9. The van der Waals surface area contributed by atoms with E-state index in [0.717, 1.165) is 10.6 Å². The maximum Gasteiger partial charge on any atom is 0.283 e. The number of nitrogens with zero attached hydrogens (tertiary/aromatic N) is 3. The number of hydrazone groups is 1. The van der Waals surface area contributed by atoms with E-state index in [1.807, 2.05) is 30.3 Å². The van der Waals surface area contributed by atoms with Crippen LogP contribution in [-0.4, -0.2) is 27.0 Å². The highest BCUT2D eigenvalue weighted by atomic mass is 35.5. The lowest BCUT2D eigenvalue weighted by Crippen LogP contribution is -2.35. The number of rotatable bonds is 4. The lowest BCUT2D eigenvalue weighted by atomic mass is 10.1. The summed E-state index contributed by atoms with van der Waals surface area (Å²) in [5, 5.41) is 16.6. The van der Waals surface area contributed by atoms with E-state index in [2.05, 4.69) is 10.1 Å². The zero-order valence-corrected chi connectivity index (χ0v) is 18.7. The largest absolute Gasteiger partial charge is 0.457 e. The van der Waals surface area contributed by atoms with Crippen LogP contribution in [0.4, 0.5) is 0 Å². The predicted molar refractivity (Wildman–Crippen MR) is 129 cm³/mol. The van der Waals surface area contributed by atoms with Crippen LogP contribution in [0.3, 0.4) is 0 Å². The number of hydrogen-bond donors (Lipinski definition) is 1. The van der Waals surface area contributed by atoms with E-state index in [4.69, 9.17) is 33.0 Å². The Morgan fingerprint density at radius 3 is 2.72 bits per heavy atom. The zero-order valence-electron chi connectivity index (χ0n) is 16.4. The van der Waals surface area contributed by atoms with Crippen LogP contribution in [0.1, 0.15) is 11.3 Å². The number of aliphatic imine (C=N–C) groups is 1. The number of amidine groups is 2. The van der Waals surface area contributed by atoms with Gasteiger partial charge >= 0.3 is 0 Å². The molecular weight excluding hydrogens is 467 g/mol. The van der Waals surface area contributed by atoms with Gasteiger partial charge in [-0.25, -0.2) is 0 Å². The number of benzene rings is 2. The highest BCUT2D eigenvalue weighted by Gasteiger charge is 2.35. The molecule has 0 saturated heterocycles. The molecule has 2 aliphatic rings. The molecule has 0 radical (unpaired) electrons. The van der Waals surface area contributed by atoms with Gasteiger partial charge in [-0.2, -0.15) is 15.1 Å². The highest BCUT2D eigenvalue weighted by Crippen LogP contribution is 2.33. The van der Waals surface area contributed by atoms with Gasteiger partial charge in [-0.05, 0) is 53.7 Å². The molecular formula is C23H14Cl2N4O2S. The van der Waals surface area contributed by atoms with Gasteiger partial charge < -0.3 is 4.42 Å². The summed E-state index contributed by atoms with van der Waals surface area (Å²) in [6.45, 7) is 0. The molecule has 1 aromatic heterocycles. The first-order valence-corrected chi connectivity index (χ1v) is 11.1. The quantitative estimate of drug-likeness (QED) is 0.456. The highest BCUT2D eigenvalue weighted by molar-refractivity contribution is 8.26. The molecule has 9 heteroatoms. The van der Waals surface area contributed by atoms with E-state index in [1.54, 1.807) is 30.3 Å². The first-order chi connectivity index (χ1) is 15.5. The third-order valence-electron chi connectivity index (χ3n) is 4.80. The maximum atomic E-state index is 12.6. The number of thioether (sulfide) groups is 1. The van der Waals surface area contributed by atoms with Crippen molar-refractivity contribution in [2.75, 3.05) is 0 Å². The van der Waals surface area contributed by atoms with Gasteiger partial charge in [0.2, 0.25) is 5.17 Å². The number of hydrogen-bond acceptors (Lipinski definition) is 5. The van der Waals surface area contributed by atoms with Crippen LogP contribution in [0, 0.1) is 5.41 Å². The second-order valence-corrected chi connectivity index (χ2v) is 8.89. The van der Waals surface area contributed by atoms with Crippen LogP contribution < -0.4 is 0 Å². The van der Waals surface area contributed by atoms with Crippen molar-refractivity contribution in [2.45, 2.75) is 6.42 Å². The Labute approximate surface area is 197 Å². The summed E-state index contributed by atoms with van der Waals surface area (Å²) in [5.41, 5.74) is 1.83. The van der Waals surface area contributed by atoms with Crippen molar-refractivity contribution in [1.29, 1.82) is 5.41 Å². The van der Waals surface area contributed by atoms with Gasteiger partial charge in [0.15, 0.2) is 5.84 Å². The van der Waals surface area contributed by atoms with E-state index in [-0.39, 0.29) is 11.4 Å². The van der Waals surface area contributed by atoms with Crippen molar-refractivity contribution >= 4 is 63.0 Å². The fourth-order valence-electron chi connectivity index (χ4n) is 3.28. The lowest BCUT2D eigenvalue weighted by molar-refractivity contribution is -0.114. The van der Waals surface area contributed by atoms with E-state index in [0.29, 0.717) is 38.7 Å². The predicted octanol–water partition coefficient (Wildman–Crippen LogP) is 6.12. The topological polar surface area (TPSA) is 82.0 Å². The number of carbonyl (C=O) groups excluding carboxylic acids is 1. The Morgan fingerprint density at radius 2 is 1.91 bits per heavy atom. The Hall–Kier alpha value is -3.13. The molecule has 2 aromatic carbocycles. The number of fused-ring (bicyclic) bond motifs is 1. The minimum absolute atomic E-state index is 0.0469. The van der Waals surface area contributed by atoms with E-state index in [9.17, 15) is 4.79 Å². The molecule has 6 nitrogen and oxygen atoms in total. The number of amides is 1. The van der Waals surface area contributed by atoms with Crippen LogP contribution in [0.25, 0.3) is 17.4 Å². The number of halogens is 2. The Morgan fingerprint density at radius 1 is 1.09 bits per heavy atom. The van der Waals surface area contributed by atoms with Crippen LogP contribution in [0.5, 0.6) is 0 Å². The number of carbonyl (C=O) groups is 1. The van der Waals surface area contributed by atoms with Gasteiger partial charge in [-0.15, -0.1) is 0 Å². The average molecular weight is 481 g/mol. The Balaban J connectivity index is 1.41. The summed E-state index contributed by atoms with van der Waals surface area (Å²) in [7, 11) is 0. The first-order valence-electron chi connectivity index (χ1n) is 9.56. The smallest absolute Gasteiger partial charge is 0.283 e. The molecule has 2 aliphatic heterocycles. The standard InChI is InChI=1S/C23H14Cl2N4O2S/c24-14-6-8-18(25)16(11-14)19-9-7-15(31-19)12-17-21(26)29-23(27-22(17)30)32-20(28-29)10-13-4-2-1-3-5-13/h1-9,11-12,26H,10H2. The molecule has 0 aliphatic carbocycles. The molecule has 0 fully saturated rings. The summed E-state index contributed by atoms with van der Waals surface area (Å²) in [6.07, 6.45) is 2.09. The zero-order chi connectivity index (χ0) is 22.2. The van der Waals surface area contributed by atoms with Crippen molar-refractivity contribution in [2.24, 2.45) is 10.1 Å². The fraction of sp³-hybridized carbons (Fsp3) is 0.0435. The van der Waals surface area contributed by atoms with Crippen molar-refractivity contribution in [3.05, 3.63) is 87.6 Å². The summed E-state index contributed by atoms with van der Waals surface area (Å²) in [5.74, 6) is 0.337. The van der Waals surface area contributed by atoms with Crippen molar-refractivity contribution in [1.82, 2.24) is 5.01 Å². The van der Waals surface area contributed by atoms with E-state index in [1.165, 1.54) is 22.8 Å². The molecule has 0 unspecified atom stereocenters. The van der Waals surface area contributed by atoms with E-state index < -0.39 is 5.91 Å². The summed E-state index contributed by atoms with van der Waals surface area (Å²) in [4.78, 5) is 16.7. The van der Waals surface area contributed by atoms with Crippen molar-refractivity contribution in [3.63, 3.8) is 0 Å². The second kappa shape index (κ2) is 8.43. The summed E-state index contributed by atoms with van der Waals surface area (Å²) in [6, 6.07) is 18.4. The molecule has 5 rings (SSSR count). The van der Waals surface area contributed by atoms with Crippen LogP contribution >= 0.6 is 35.0 Å². The molecule has 0 saturated carbocycles. The molecule has 3 heterocycles. The molecule has 32 heavy (non-hydrogen) atoms. The van der Waals surface area contributed by atoms with Crippen LogP contribution in [0.2, 0.25) is 10.0 Å². The van der Waals surface area contributed by atoms with Gasteiger partial charge in [-0.1, -0.05) is 53.5 Å². The summed E-state index contributed by atoms with van der Waals surface area (Å²) >= 11 is 13.6.